The Kier molecular flexibility index (Phi) is 3.68. The van der Waals surface area contributed by atoms with E-state index < -0.39 is 0 Å². The maximum absolute atomic E-state index is 12.4. The van der Waals surface area contributed by atoms with Crippen LogP contribution in [-0.2, 0) is 16.1 Å². The highest BCUT2D eigenvalue weighted by molar-refractivity contribution is 6.06. The zero-order valence-corrected chi connectivity index (χ0v) is 12.4. The maximum atomic E-state index is 12.4. The Labute approximate surface area is 124 Å². The van der Waals surface area contributed by atoms with Gasteiger partial charge in [0.25, 0.3) is 0 Å². The molecule has 1 aliphatic carbocycles. The fourth-order valence-corrected chi connectivity index (χ4v) is 2.82. The van der Waals surface area contributed by atoms with Crippen molar-refractivity contribution in [2.45, 2.75) is 37.9 Å². The molecule has 1 saturated heterocycles. The molecule has 1 heterocycles. The summed E-state index contributed by atoms with van der Waals surface area (Å²) in [4.78, 5) is 27.8. The second-order valence-electron chi connectivity index (χ2n) is 5.82. The minimum absolute atomic E-state index is 0.0194. The molecule has 1 aromatic rings. The number of rotatable bonds is 5. The monoisotopic (exact) mass is 288 g/mol. The van der Waals surface area contributed by atoms with Gasteiger partial charge < -0.3 is 4.74 Å². The predicted octanol–water partition coefficient (Wildman–Crippen LogP) is 1.42. The van der Waals surface area contributed by atoms with Gasteiger partial charge in [-0.05, 0) is 37.6 Å². The van der Waals surface area contributed by atoms with E-state index in [0.29, 0.717) is 13.0 Å². The van der Waals surface area contributed by atoms with E-state index in [1.807, 2.05) is 36.2 Å². The molecule has 0 aromatic heterocycles. The van der Waals surface area contributed by atoms with Gasteiger partial charge in [0.05, 0.1) is 19.6 Å². The fourth-order valence-electron chi connectivity index (χ4n) is 2.82. The molecular formula is C16H20N2O3. The lowest BCUT2D eigenvalue weighted by Gasteiger charge is -2.23. The van der Waals surface area contributed by atoms with Crippen LogP contribution in [-0.4, -0.2) is 47.9 Å². The number of imide groups is 1. The largest absolute Gasteiger partial charge is 0.497 e. The van der Waals surface area contributed by atoms with Gasteiger partial charge >= 0.3 is 0 Å². The van der Waals surface area contributed by atoms with Crippen LogP contribution >= 0.6 is 0 Å². The summed E-state index contributed by atoms with van der Waals surface area (Å²) in [5, 5.41) is 0. The molecular weight excluding hydrogens is 268 g/mol. The number of hydrogen-bond acceptors (Lipinski definition) is 4. The molecule has 1 aromatic carbocycles. The van der Waals surface area contributed by atoms with Crippen LogP contribution in [0.25, 0.3) is 0 Å². The van der Waals surface area contributed by atoms with Gasteiger partial charge in [-0.25, -0.2) is 0 Å². The molecule has 0 radical (unpaired) electrons. The lowest BCUT2D eigenvalue weighted by molar-refractivity contribution is -0.140. The van der Waals surface area contributed by atoms with E-state index in [1.54, 1.807) is 7.11 Å². The molecule has 2 amide bonds. The van der Waals surface area contributed by atoms with Crippen molar-refractivity contribution in [2.24, 2.45) is 0 Å². The number of hydrogen-bond donors (Lipinski definition) is 0. The molecule has 112 valence electrons. The van der Waals surface area contributed by atoms with Crippen LogP contribution in [0.2, 0.25) is 0 Å². The summed E-state index contributed by atoms with van der Waals surface area (Å²) < 4.78 is 5.13. The topological polar surface area (TPSA) is 49.9 Å². The Morgan fingerprint density at radius 2 is 1.90 bits per heavy atom. The van der Waals surface area contributed by atoms with Gasteiger partial charge in [-0.1, -0.05) is 12.1 Å². The summed E-state index contributed by atoms with van der Waals surface area (Å²) in [6, 6.07) is 7.62. The predicted molar refractivity (Wildman–Crippen MR) is 77.7 cm³/mol. The molecule has 1 atom stereocenters. The minimum atomic E-state index is -0.319. The van der Waals surface area contributed by atoms with E-state index in [2.05, 4.69) is 0 Å². The lowest BCUT2D eigenvalue weighted by atomic mass is 10.1. The first-order valence-corrected chi connectivity index (χ1v) is 7.29. The number of likely N-dealkylation sites (tertiary alicyclic amines) is 1. The van der Waals surface area contributed by atoms with Gasteiger partial charge in [-0.3, -0.25) is 19.4 Å². The summed E-state index contributed by atoms with van der Waals surface area (Å²) in [6.07, 6.45) is 2.24. The molecule has 0 unspecified atom stereocenters. The zero-order valence-electron chi connectivity index (χ0n) is 12.4. The standard InChI is InChI=1S/C16H20N2O3/c1-17(10-11-3-7-13(21-2)8-4-11)14-9-15(19)18(16(14)20)12-5-6-12/h3-4,7-8,12,14H,5-6,9-10H2,1-2H3/t14-/m1/s1. The molecule has 0 spiro atoms. The Balaban J connectivity index is 1.66. The third kappa shape index (κ3) is 2.78. The SMILES string of the molecule is COc1ccc(CN(C)[C@@H]2CC(=O)N(C3CC3)C2=O)cc1. The van der Waals surface area contributed by atoms with Crippen molar-refractivity contribution in [1.29, 1.82) is 0 Å². The van der Waals surface area contributed by atoms with Crippen LogP contribution in [0.4, 0.5) is 0 Å². The molecule has 0 bridgehead atoms. The summed E-state index contributed by atoms with van der Waals surface area (Å²) in [7, 11) is 3.53. The van der Waals surface area contributed by atoms with E-state index in [9.17, 15) is 9.59 Å². The fraction of sp³-hybridized carbons (Fsp3) is 0.500. The maximum Gasteiger partial charge on any atom is 0.247 e. The summed E-state index contributed by atoms with van der Waals surface area (Å²) in [6.45, 7) is 0.645. The van der Waals surface area contributed by atoms with Crippen molar-refractivity contribution in [3.05, 3.63) is 29.8 Å². The van der Waals surface area contributed by atoms with Crippen LogP contribution in [0.5, 0.6) is 5.75 Å². The van der Waals surface area contributed by atoms with Gasteiger partial charge in [0.2, 0.25) is 11.8 Å². The first kappa shape index (κ1) is 14.1. The zero-order chi connectivity index (χ0) is 15.0. The van der Waals surface area contributed by atoms with E-state index in [0.717, 1.165) is 24.2 Å². The van der Waals surface area contributed by atoms with Crippen molar-refractivity contribution in [3.8, 4) is 5.75 Å². The highest BCUT2D eigenvalue weighted by Gasteiger charge is 2.47. The van der Waals surface area contributed by atoms with E-state index in [-0.39, 0.29) is 23.9 Å². The Hall–Kier alpha value is -1.88. The van der Waals surface area contributed by atoms with Gasteiger partial charge in [-0.2, -0.15) is 0 Å². The molecule has 5 heteroatoms. The van der Waals surface area contributed by atoms with Gasteiger partial charge in [0, 0.05) is 12.6 Å². The van der Waals surface area contributed by atoms with Crippen LogP contribution in [0.3, 0.4) is 0 Å². The Morgan fingerprint density at radius 1 is 1.24 bits per heavy atom. The second-order valence-corrected chi connectivity index (χ2v) is 5.82. The highest BCUT2D eigenvalue weighted by Crippen LogP contribution is 2.32. The van der Waals surface area contributed by atoms with Crippen LogP contribution in [0, 0.1) is 0 Å². The smallest absolute Gasteiger partial charge is 0.247 e. The van der Waals surface area contributed by atoms with Gasteiger partial charge in [-0.15, -0.1) is 0 Å². The molecule has 1 aliphatic heterocycles. The Bertz CT molecular complexity index is 551. The number of amides is 2. The minimum Gasteiger partial charge on any atom is -0.497 e. The lowest BCUT2D eigenvalue weighted by Crippen LogP contribution is -2.40. The first-order chi connectivity index (χ1) is 10.1. The number of carbonyl (C=O) groups is 2. The number of ether oxygens (including phenoxy) is 1. The molecule has 2 fully saturated rings. The van der Waals surface area contributed by atoms with E-state index >= 15 is 0 Å². The van der Waals surface area contributed by atoms with Crippen molar-refractivity contribution >= 4 is 11.8 Å². The highest BCUT2D eigenvalue weighted by atomic mass is 16.5. The van der Waals surface area contributed by atoms with Gasteiger partial charge in [0.15, 0.2) is 0 Å². The van der Waals surface area contributed by atoms with Gasteiger partial charge in [0.1, 0.15) is 5.75 Å². The third-order valence-electron chi connectivity index (χ3n) is 4.19. The normalized spacial score (nSPS) is 22.2. The van der Waals surface area contributed by atoms with Crippen LogP contribution in [0.15, 0.2) is 24.3 Å². The molecule has 3 rings (SSSR count). The van der Waals surface area contributed by atoms with Crippen molar-refractivity contribution in [2.75, 3.05) is 14.2 Å². The Morgan fingerprint density at radius 3 is 2.48 bits per heavy atom. The second kappa shape index (κ2) is 5.48. The quantitative estimate of drug-likeness (QED) is 0.769. The van der Waals surface area contributed by atoms with Crippen molar-refractivity contribution < 1.29 is 14.3 Å². The number of methoxy groups -OCH3 is 1. The number of nitrogens with zero attached hydrogens (tertiary/aromatic N) is 2. The molecule has 2 aliphatic rings. The third-order valence-corrected chi connectivity index (χ3v) is 4.19. The number of likely N-dealkylation sites (N-methyl/N-ethyl adjacent to an activating group) is 1. The van der Waals surface area contributed by atoms with E-state index in [1.165, 1.54) is 4.90 Å². The van der Waals surface area contributed by atoms with Crippen LogP contribution < -0.4 is 4.74 Å². The van der Waals surface area contributed by atoms with E-state index in [4.69, 9.17) is 4.74 Å². The number of carbonyl (C=O) groups excluding carboxylic acids is 2. The molecule has 21 heavy (non-hydrogen) atoms. The molecule has 0 N–H and O–H groups in total. The number of benzene rings is 1. The average Bonchev–Trinajstić information content (AvgIpc) is 3.25. The van der Waals surface area contributed by atoms with Crippen LogP contribution in [0.1, 0.15) is 24.8 Å². The molecule has 5 nitrogen and oxygen atoms in total. The molecule has 1 saturated carbocycles. The average molecular weight is 288 g/mol. The first-order valence-electron chi connectivity index (χ1n) is 7.29. The summed E-state index contributed by atoms with van der Waals surface area (Å²) in [5.74, 6) is 0.765. The van der Waals surface area contributed by atoms with Crippen molar-refractivity contribution in [3.63, 3.8) is 0 Å². The van der Waals surface area contributed by atoms with Crippen molar-refractivity contribution in [1.82, 2.24) is 9.80 Å². The summed E-state index contributed by atoms with van der Waals surface area (Å²) in [5.41, 5.74) is 1.10. The summed E-state index contributed by atoms with van der Waals surface area (Å²) >= 11 is 0.